The summed E-state index contributed by atoms with van der Waals surface area (Å²) in [4.78, 5) is 21.0. The van der Waals surface area contributed by atoms with E-state index in [0.29, 0.717) is 5.56 Å². The highest BCUT2D eigenvalue weighted by molar-refractivity contribution is 5.93. The fourth-order valence-corrected chi connectivity index (χ4v) is 4.24. The van der Waals surface area contributed by atoms with Gasteiger partial charge in [-0.3, -0.25) is 14.7 Å². The summed E-state index contributed by atoms with van der Waals surface area (Å²) in [6.07, 6.45) is 11.0. The van der Waals surface area contributed by atoms with E-state index >= 15 is 0 Å². The first kappa shape index (κ1) is 13.9. The Labute approximate surface area is 131 Å². The topological polar surface area (TPSA) is 36.4 Å². The lowest BCUT2D eigenvalue weighted by Crippen LogP contribution is -2.50. The van der Waals surface area contributed by atoms with Crippen LogP contribution in [0.15, 0.2) is 36.7 Å². The first-order chi connectivity index (χ1) is 10.8. The molecule has 3 atom stereocenters. The Bertz CT molecular complexity index is 563. The van der Waals surface area contributed by atoms with Gasteiger partial charge in [-0.1, -0.05) is 12.2 Å². The van der Waals surface area contributed by atoms with Crippen molar-refractivity contribution >= 4 is 5.91 Å². The fraction of sp³-hybridized carbons (Fsp3) is 0.556. The van der Waals surface area contributed by atoms with E-state index in [0.717, 1.165) is 43.9 Å². The molecular weight excluding hydrogens is 274 g/mol. The molecule has 1 aromatic rings. The summed E-state index contributed by atoms with van der Waals surface area (Å²) in [5, 5.41) is 0. The first-order valence-corrected chi connectivity index (χ1v) is 8.39. The minimum Gasteiger partial charge on any atom is -0.336 e. The molecule has 2 heterocycles. The van der Waals surface area contributed by atoms with Crippen LogP contribution in [0.3, 0.4) is 0 Å². The van der Waals surface area contributed by atoms with Gasteiger partial charge >= 0.3 is 0 Å². The van der Waals surface area contributed by atoms with E-state index in [4.69, 9.17) is 0 Å². The molecule has 3 aliphatic rings. The highest BCUT2D eigenvalue weighted by atomic mass is 16.2. The number of rotatable bonds is 3. The third kappa shape index (κ3) is 2.68. The highest BCUT2D eigenvalue weighted by Crippen LogP contribution is 2.43. The number of carbonyl (C=O) groups excluding carboxylic acids is 1. The lowest BCUT2D eigenvalue weighted by molar-refractivity contribution is 0.0610. The van der Waals surface area contributed by atoms with Gasteiger partial charge in [0, 0.05) is 45.1 Å². The largest absolute Gasteiger partial charge is 0.336 e. The van der Waals surface area contributed by atoms with Gasteiger partial charge in [-0.25, -0.2) is 0 Å². The van der Waals surface area contributed by atoms with Crippen molar-refractivity contribution in [3.63, 3.8) is 0 Å². The number of hydrogen-bond donors (Lipinski definition) is 0. The van der Waals surface area contributed by atoms with Crippen molar-refractivity contribution in [3.8, 4) is 0 Å². The SMILES string of the molecule is O=C(c1cccnc1)N1CCN(CC2CC3C=CC2C3)CC1. The maximum Gasteiger partial charge on any atom is 0.255 e. The van der Waals surface area contributed by atoms with Crippen LogP contribution in [0.1, 0.15) is 23.2 Å². The number of amides is 1. The molecule has 1 saturated heterocycles. The molecule has 1 aromatic heterocycles. The maximum absolute atomic E-state index is 12.4. The third-order valence-electron chi connectivity index (χ3n) is 5.48. The number of hydrogen-bond acceptors (Lipinski definition) is 3. The summed E-state index contributed by atoms with van der Waals surface area (Å²) in [7, 11) is 0. The second-order valence-electron chi connectivity index (χ2n) is 6.87. The van der Waals surface area contributed by atoms with Gasteiger partial charge in [0.05, 0.1) is 5.56 Å². The zero-order valence-corrected chi connectivity index (χ0v) is 12.9. The molecule has 0 N–H and O–H groups in total. The van der Waals surface area contributed by atoms with Crippen LogP contribution in [0.25, 0.3) is 0 Å². The van der Waals surface area contributed by atoms with E-state index in [1.165, 1.54) is 19.4 Å². The predicted octanol–water partition coefficient (Wildman–Crippen LogP) is 2.05. The average Bonchev–Trinajstić information content (AvgIpc) is 3.19. The zero-order valence-electron chi connectivity index (χ0n) is 12.9. The molecule has 22 heavy (non-hydrogen) atoms. The van der Waals surface area contributed by atoms with Crippen LogP contribution in [0.2, 0.25) is 0 Å². The van der Waals surface area contributed by atoms with E-state index in [9.17, 15) is 4.79 Å². The first-order valence-electron chi connectivity index (χ1n) is 8.39. The van der Waals surface area contributed by atoms with Gasteiger partial charge in [0.15, 0.2) is 0 Å². The van der Waals surface area contributed by atoms with Crippen LogP contribution in [0.5, 0.6) is 0 Å². The number of nitrogens with zero attached hydrogens (tertiary/aromatic N) is 3. The van der Waals surface area contributed by atoms with Gasteiger partial charge < -0.3 is 4.90 Å². The molecule has 0 radical (unpaired) electrons. The predicted molar refractivity (Wildman–Crippen MR) is 85.4 cm³/mol. The molecule has 1 amide bonds. The molecule has 1 aliphatic heterocycles. The zero-order chi connectivity index (χ0) is 14.9. The molecule has 0 spiro atoms. The molecule has 2 aliphatic carbocycles. The highest BCUT2D eigenvalue weighted by Gasteiger charge is 2.36. The molecule has 3 unspecified atom stereocenters. The van der Waals surface area contributed by atoms with Gasteiger partial charge in [-0.05, 0) is 42.7 Å². The van der Waals surface area contributed by atoms with E-state index in [1.807, 2.05) is 17.0 Å². The molecule has 4 heteroatoms. The van der Waals surface area contributed by atoms with Crippen LogP contribution < -0.4 is 0 Å². The minimum absolute atomic E-state index is 0.121. The summed E-state index contributed by atoms with van der Waals surface area (Å²) in [6.45, 7) is 4.89. The van der Waals surface area contributed by atoms with Crippen molar-refractivity contribution < 1.29 is 4.79 Å². The molecule has 4 rings (SSSR count). The summed E-state index contributed by atoms with van der Waals surface area (Å²) in [6, 6.07) is 3.68. The second kappa shape index (κ2) is 5.84. The molecule has 116 valence electrons. The number of piperazine rings is 1. The van der Waals surface area contributed by atoms with Crippen LogP contribution in [-0.2, 0) is 0 Å². The monoisotopic (exact) mass is 297 g/mol. The molecule has 1 saturated carbocycles. The van der Waals surface area contributed by atoms with E-state index < -0.39 is 0 Å². The summed E-state index contributed by atoms with van der Waals surface area (Å²) in [5.74, 6) is 2.63. The lowest BCUT2D eigenvalue weighted by atomic mass is 9.93. The smallest absolute Gasteiger partial charge is 0.255 e. The second-order valence-corrected chi connectivity index (χ2v) is 6.87. The van der Waals surface area contributed by atoms with Crippen molar-refractivity contribution in [2.24, 2.45) is 17.8 Å². The van der Waals surface area contributed by atoms with Gasteiger partial charge in [0.25, 0.3) is 5.91 Å². The lowest BCUT2D eigenvalue weighted by Gasteiger charge is -2.36. The minimum atomic E-state index is 0.121. The standard InChI is InChI=1S/C18H23N3O/c22-18(16-2-1-5-19-12-16)21-8-6-20(7-9-21)13-17-11-14-3-4-15(17)10-14/h1-5,12,14-15,17H,6-11,13H2. The Hall–Kier alpha value is -1.68. The van der Waals surface area contributed by atoms with Gasteiger partial charge in [-0.15, -0.1) is 0 Å². The molecular formula is C18H23N3O. The van der Waals surface area contributed by atoms with Gasteiger partial charge in [0.1, 0.15) is 0 Å². The van der Waals surface area contributed by atoms with Crippen LogP contribution in [0, 0.1) is 17.8 Å². The Morgan fingerprint density at radius 1 is 1.18 bits per heavy atom. The van der Waals surface area contributed by atoms with Crippen molar-refractivity contribution in [3.05, 3.63) is 42.2 Å². The Balaban J connectivity index is 1.29. The van der Waals surface area contributed by atoms with Crippen LogP contribution in [-0.4, -0.2) is 53.4 Å². The average molecular weight is 297 g/mol. The number of carbonyl (C=O) groups is 1. The van der Waals surface area contributed by atoms with Gasteiger partial charge in [0.2, 0.25) is 0 Å². The molecule has 0 aromatic carbocycles. The van der Waals surface area contributed by atoms with Crippen molar-refractivity contribution in [1.29, 1.82) is 0 Å². The van der Waals surface area contributed by atoms with E-state index in [1.54, 1.807) is 12.4 Å². The molecule has 2 bridgehead atoms. The van der Waals surface area contributed by atoms with Gasteiger partial charge in [-0.2, -0.15) is 0 Å². The van der Waals surface area contributed by atoms with Crippen molar-refractivity contribution in [1.82, 2.24) is 14.8 Å². The van der Waals surface area contributed by atoms with Crippen molar-refractivity contribution in [2.45, 2.75) is 12.8 Å². The summed E-state index contributed by atoms with van der Waals surface area (Å²) >= 11 is 0. The summed E-state index contributed by atoms with van der Waals surface area (Å²) < 4.78 is 0. The van der Waals surface area contributed by atoms with Crippen LogP contribution in [0.4, 0.5) is 0 Å². The van der Waals surface area contributed by atoms with E-state index in [2.05, 4.69) is 22.0 Å². The number of pyridine rings is 1. The van der Waals surface area contributed by atoms with Crippen molar-refractivity contribution in [2.75, 3.05) is 32.7 Å². The Morgan fingerprint density at radius 3 is 2.68 bits per heavy atom. The number of aromatic nitrogens is 1. The molecule has 4 nitrogen and oxygen atoms in total. The van der Waals surface area contributed by atoms with Crippen LogP contribution >= 0.6 is 0 Å². The maximum atomic E-state index is 12.4. The normalized spacial score (nSPS) is 30.9. The quantitative estimate of drug-likeness (QED) is 0.801. The number of allylic oxidation sites excluding steroid dienone is 2. The fourth-order valence-electron chi connectivity index (χ4n) is 4.24. The number of fused-ring (bicyclic) bond motifs is 2. The molecule has 2 fully saturated rings. The van der Waals surface area contributed by atoms with E-state index in [-0.39, 0.29) is 5.91 Å². The Morgan fingerprint density at radius 2 is 2.05 bits per heavy atom. The summed E-state index contributed by atoms with van der Waals surface area (Å²) in [5.41, 5.74) is 0.703. The Kier molecular flexibility index (Phi) is 3.70. The third-order valence-corrected chi connectivity index (χ3v) is 5.48.